The molecule has 3 aromatic rings. The Morgan fingerprint density at radius 2 is 2.19 bits per heavy atom. The number of hydrogen-bond donors (Lipinski definition) is 1. The largest absolute Gasteiger partial charge is 0.377 e. The number of rotatable bonds is 5. The van der Waals surface area contributed by atoms with Crippen LogP contribution in [0.5, 0.6) is 0 Å². The number of nitro groups is 1. The number of hydrogen-bond acceptors (Lipinski definition) is 6. The molecule has 0 unspecified atom stereocenters. The van der Waals surface area contributed by atoms with Crippen LogP contribution in [0.2, 0.25) is 0 Å². The van der Waals surface area contributed by atoms with E-state index in [2.05, 4.69) is 20.6 Å². The van der Waals surface area contributed by atoms with Crippen molar-refractivity contribution >= 4 is 22.3 Å². The zero-order valence-corrected chi connectivity index (χ0v) is 11.0. The molecular formula is C13H12N6O2. The van der Waals surface area contributed by atoms with Gasteiger partial charge in [0.2, 0.25) is 0 Å². The summed E-state index contributed by atoms with van der Waals surface area (Å²) in [6.07, 6.45) is 4.60. The van der Waals surface area contributed by atoms with E-state index in [1.54, 1.807) is 17.1 Å². The van der Waals surface area contributed by atoms with E-state index in [1.807, 2.05) is 24.3 Å². The number of benzene rings is 1. The van der Waals surface area contributed by atoms with Crippen LogP contribution in [0.15, 0.2) is 42.9 Å². The van der Waals surface area contributed by atoms with Crippen molar-refractivity contribution in [1.29, 1.82) is 0 Å². The van der Waals surface area contributed by atoms with Crippen LogP contribution in [-0.4, -0.2) is 31.4 Å². The first-order chi connectivity index (χ1) is 10.3. The second-order valence-electron chi connectivity index (χ2n) is 4.39. The molecule has 3 rings (SSSR count). The summed E-state index contributed by atoms with van der Waals surface area (Å²) in [5.41, 5.74) is 1.16. The molecule has 0 radical (unpaired) electrons. The molecule has 1 aromatic carbocycles. The van der Waals surface area contributed by atoms with Gasteiger partial charge in [-0.2, -0.15) is 0 Å². The van der Waals surface area contributed by atoms with Gasteiger partial charge in [-0.25, -0.2) is 4.98 Å². The Bertz CT molecular complexity index is 771. The number of pyridine rings is 1. The molecule has 0 saturated heterocycles. The summed E-state index contributed by atoms with van der Waals surface area (Å²) in [7, 11) is 0. The zero-order chi connectivity index (χ0) is 14.7. The van der Waals surface area contributed by atoms with E-state index in [9.17, 15) is 10.1 Å². The third-order valence-corrected chi connectivity index (χ3v) is 3.07. The van der Waals surface area contributed by atoms with Crippen molar-refractivity contribution in [2.45, 2.75) is 6.54 Å². The highest BCUT2D eigenvalue weighted by Gasteiger charge is 2.17. The van der Waals surface area contributed by atoms with Gasteiger partial charge >= 0.3 is 5.69 Å². The van der Waals surface area contributed by atoms with E-state index in [-0.39, 0.29) is 5.69 Å². The smallest absolute Gasteiger partial charge is 0.311 e. The predicted molar refractivity (Wildman–Crippen MR) is 76.9 cm³/mol. The minimum absolute atomic E-state index is 0.0349. The fourth-order valence-corrected chi connectivity index (χ4v) is 2.10. The summed E-state index contributed by atoms with van der Waals surface area (Å²) in [6.45, 7) is 1.06. The molecule has 1 N–H and O–H groups in total. The lowest BCUT2D eigenvalue weighted by atomic mass is 10.1. The summed E-state index contributed by atoms with van der Waals surface area (Å²) < 4.78 is 1.65. The highest BCUT2D eigenvalue weighted by atomic mass is 16.6. The van der Waals surface area contributed by atoms with Crippen LogP contribution in [0.1, 0.15) is 0 Å². The standard InChI is InChI=1S/C13H12N6O2/c20-19(21)12-9-15-11-4-2-1-3-10(11)13(12)14-5-7-18-8-6-16-17-18/h1-4,6,8-9H,5,7H2,(H,14,15). The van der Waals surface area contributed by atoms with E-state index in [0.29, 0.717) is 24.3 Å². The van der Waals surface area contributed by atoms with Crippen molar-refractivity contribution in [3.63, 3.8) is 0 Å². The summed E-state index contributed by atoms with van der Waals surface area (Å²) in [5, 5.41) is 22.5. The van der Waals surface area contributed by atoms with Crippen LogP contribution < -0.4 is 5.32 Å². The number of nitrogens with one attached hydrogen (secondary N) is 1. The number of para-hydroxylation sites is 1. The summed E-state index contributed by atoms with van der Waals surface area (Å²) in [4.78, 5) is 14.8. The second kappa shape index (κ2) is 5.53. The summed E-state index contributed by atoms with van der Waals surface area (Å²) in [5.74, 6) is 0. The summed E-state index contributed by atoms with van der Waals surface area (Å²) >= 11 is 0. The van der Waals surface area contributed by atoms with Gasteiger partial charge in [-0.05, 0) is 6.07 Å². The second-order valence-corrected chi connectivity index (χ2v) is 4.39. The molecule has 0 aliphatic heterocycles. The van der Waals surface area contributed by atoms with Crippen molar-refractivity contribution in [3.8, 4) is 0 Å². The van der Waals surface area contributed by atoms with Crippen LogP contribution in [0.3, 0.4) is 0 Å². The first-order valence-electron chi connectivity index (χ1n) is 6.36. The highest BCUT2D eigenvalue weighted by molar-refractivity contribution is 5.95. The molecule has 21 heavy (non-hydrogen) atoms. The minimum Gasteiger partial charge on any atom is -0.377 e. The average Bonchev–Trinajstić information content (AvgIpc) is 3.00. The molecule has 0 spiro atoms. The van der Waals surface area contributed by atoms with Crippen molar-refractivity contribution in [2.75, 3.05) is 11.9 Å². The van der Waals surface area contributed by atoms with Gasteiger partial charge < -0.3 is 5.32 Å². The lowest BCUT2D eigenvalue weighted by Gasteiger charge is -2.09. The Hall–Kier alpha value is -3.03. The first-order valence-corrected chi connectivity index (χ1v) is 6.36. The number of aromatic nitrogens is 4. The molecule has 2 aromatic heterocycles. The zero-order valence-electron chi connectivity index (χ0n) is 11.0. The van der Waals surface area contributed by atoms with Gasteiger partial charge in [0.05, 0.1) is 23.2 Å². The molecule has 8 nitrogen and oxygen atoms in total. The van der Waals surface area contributed by atoms with Gasteiger partial charge in [0.15, 0.2) is 0 Å². The maximum absolute atomic E-state index is 11.2. The molecule has 0 bridgehead atoms. The Morgan fingerprint density at radius 3 is 2.95 bits per heavy atom. The van der Waals surface area contributed by atoms with E-state index in [0.717, 1.165) is 5.39 Å². The number of nitrogens with zero attached hydrogens (tertiary/aromatic N) is 5. The predicted octanol–water partition coefficient (Wildman–Crippen LogP) is 1.85. The van der Waals surface area contributed by atoms with Crippen molar-refractivity contribution in [1.82, 2.24) is 20.0 Å². The molecule has 0 amide bonds. The molecule has 106 valence electrons. The van der Waals surface area contributed by atoms with Gasteiger partial charge in [-0.15, -0.1) is 5.10 Å². The monoisotopic (exact) mass is 284 g/mol. The normalized spacial score (nSPS) is 10.7. The molecule has 0 aliphatic carbocycles. The van der Waals surface area contributed by atoms with E-state index < -0.39 is 4.92 Å². The average molecular weight is 284 g/mol. The van der Waals surface area contributed by atoms with Gasteiger partial charge in [0, 0.05) is 18.1 Å². The fourth-order valence-electron chi connectivity index (χ4n) is 2.10. The minimum atomic E-state index is -0.433. The quantitative estimate of drug-likeness (QED) is 0.567. The molecular weight excluding hydrogens is 272 g/mol. The molecule has 0 atom stereocenters. The fraction of sp³-hybridized carbons (Fsp3) is 0.154. The highest BCUT2D eigenvalue weighted by Crippen LogP contribution is 2.31. The van der Waals surface area contributed by atoms with Gasteiger partial charge in [0.25, 0.3) is 0 Å². The Kier molecular flexibility index (Phi) is 3.42. The molecule has 0 fully saturated rings. The van der Waals surface area contributed by atoms with Gasteiger partial charge in [-0.1, -0.05) is 23.4 Å². The van der Waals surface area contributed by atoms with Crippen LogP contribution >= 0.6 is 0 Å². The molecule has 2 heterocycles. The Balaban J connectivity index is 1.90. The van der Waals surface area contributed by atoms with Gasteiger partial charge in [-0.3, -0.25) is 14.8 Å². The number of anilines is 1. The van der Waals surface area contributed by atoms with Crippen molar-refractivity contribution in [2.24, 2.45) is 0 Å². The van der Waals surface area contributed by atoms with Gasteiger partial charge in [0.1, 0.15) is 11.9 Å². The first kappa shape index (κ1) is 13.0. The van der Waals surface area contributed by atoms with E-state index in [1.165, 1.54) is 6.20 Å². The van der Waals surface area contributed by atoms with E-state index in [4.69, 9.17) is 0 Å². The Labute approximate surface area is 119 Å². The molecule has 8 heteroatoms. The number of fused-ring (bicyclic) bond motifs is 1. The van der Waals surface area contributed by atoms with Crippen LogP contribution in [0, 0.1) is 10.1 Å². The van der Waals surface area contributed by atoms with E-state index >= 15 is 0 Å². The molecule has 0 aliphatic rings. The maximum Gasteiger partial charge on any atom is 0.311 e. The Morgan fingerprint density at radius 1 is 1.33 bits per heavy atom. The lowest BCUT2D eigenvalue weighted by Crippen LogP contribution is -2.12. The summed E-state index contributed by atoms with van der Waals surface area (Å²) in [6, 6.07) is 7.31. The SMILES string of the molecule is O=[N+]([O-])c1cnc2ccccc2c1NCCn1ccnn1. The van der Waals surface area contributed by atoms with Crippen LogP contribution in [-0.2, 0) is 6.54 Å². The molecule has 0 saturated carbocycles. The van der Waals surface area contributed by atoms with Crippen LogP contribution in [0.25, 0.3) is 10.9 Å². The third kappa shape index (κ3) is 2.64. The third-order valence-electron chi connectivity index (χ3n) is 3.07. The van der Waals surface area contributed by atoms with Crippen LogP contribution in [0.4, 0.5) is 11.4 Å². The lowest BCUT2D eigenvalue weighted by molar-refractivity contribution is -0.384. The van der Waals surface area contributed by atoms with Crippen molar-refractivity contribution < 1.29 is 4.92 Å². The topological polar surface area (TPSA) is 98.8 Å². The van der Waals surface area contributed by atoms with Crippen molar-refractivity contribution in [3.05, 3.63) is 53.0 Å². The maximum atomic E-state index is 11.2.